The molecule has 1 fully saturated rings. The summed E-state index contributed by atoms with van der Waals surface area (Å²) in [6.07, 6.45) is 14.0. The van der Waals surface area contributed by atoms with Crippen LogP contribution >= 0.6 is 0 Å². The second kappa shape index (κ2) is 24.1. The molecule has 2 rings (SSSR count). The van der Waals surface area contributed by atoms with Gasteiger partial charge in [0.25, 0.3) is 0 Å². The van der Waals surface area contributed by atoms with Gasteiger partial charge in [0.2, 0.25) is 11.8 Å². The lowest BCUT2D eigenvalue weighted by atomic mass is 10.1. The van der Waals surface area contributed by atoms with Crippen LogP contribution in [0.2, 0.25) is 0 Å². The summed E-state index contributed by atoms with van der Waals surface area (Å²) in [5, 5.41) is 24.5. The highest BCUT2D eigenvalue weighted by atomic mass is 32.2. The Kier molecular flexibility index (Phi) is 22.1. The lowest BCUT2D eigenvalue weighted by molar-refractivity contribution is -0.935. The Morgan fingerprint density at radius 2 is 1.40 bits per heavy atom. The maximum absolute atomic E-state index is 12.6. The molecule has 1 aromatic carbocycles. The fraction of sp³-hybridized carbons (Fsp3) is 0.778. The molecule has 1 aliphatic heterocycles. The fourth-order valence-corrected chi connectivity index (χ4v) is 6.39. The first-order chi connectivity index (χ1) is 22.4. The topological polar surface area (TPSA) is 147 Å². The van der Waals surface area contributed by atoms with Crippen LogP contribution in [0.3, 0.4) is 0 Å². The maximum atomic E-state index is 12.6. The van der Waals surface area contributed by atoms with E-state index in [1.165, 1.54) is 12.1 Å². The van der Waals surface area contributed by atoms with E-state index < -0.39 is 10.1 Å². The Bertz CT molecular complexity index is 1080. The monoisotopic (exact) mass is 683 g/mol. The summed E-state index contributed by atoms with van der Waals surface area (Å²) < 4.78 is 31.8. The van der Waals surface area contributed by atoms with Crippen molar-refractivity contribution < 1.29 is 37.3 Å². The van der Waals surface area contributed by atoms with Crippen LogP contribution in [0.15, 0.2) is 29.2 Å². The molecular formula is C36H65N3O7S. The average molecular weight is 684 g/mol. The van der Waals surface area contributed by atoms with Gasteiger partial charge in [-0.2, -0.15) is 0 Å². The Morgan fingerprint density at radius 1 is 0.872 bits per heavy atom. The molecule has 2 amide bonds. The highest BCUT2D eigenvalue weighted by Gasteiger charge is 2.34. The number of aliphatic hydroxyl groups is 2. The molecule has 47 heavy (non-hydrogen) atoms. The van der Waals surface area contributed by atoms with Gasteiger partial charge in [-0.1, -0.05) is 89.8 Å². The zero-order valence-electron chi connectivity index (χ0n) is 29.8. The SMILES string of the molecule is CCCCCC(=O)NCC[N+](CCC(O)CCCCC)(CCC(O)CCCCC)CN1CCCC1=O.Cc1ccc(S(=O)(=O)[O-])cc1. The van der Waals surface area contributed by atoms with Gasteiger partial charge in [-0.3, -0.25) is 14.5 Å². The number of carbonyl (C=O) groups excluding carboxylic acids is 2. The number of benzene rings is 1. The minimum atomic E-state index is -4.27. The van der Waals surface area contributed by atoms with Crippen molar-refractivity contribution in [2.75, 3.05) is 39.4 Å². The molecule has 3 N–H and O–H groups in total. The number of hydrogen-bond donors (Lipinski definition) is 3. The minimum Gasteiger partial charge on any atom is -0.744 e. The van der Waals surface area contributed by atoms with Crippen LogP contribution < -0.4 is 5.32 Å². The molecule has 0 radical (unpaired) electrons. The van der Waals surface area contributed by atoms with Gasteiger partial charge in [-0.05, 0) is 44.7 Å². The smallest absolute Gasteiger partial charge is 0.226 e. The number of hydrogen-bond acceptors (Lipinski definition) is 7. The van der Waals surface area contributed by atoms with E-state index in [1.807, 2.05) is 11.8 Å². The van der Waals surface area contributed by atoms with Crippen LogP contribution in [0.5, 0.6) is 0 Å². The molecule has 2 unspecified atom stereocenters. The van der Waals surface area contributed by atoms with Crippen molar-refractivity contribution in [1.29, 1.82) is 0 Å². The Balaban J connectivity index is 0.000000841. The third kappa shape index (κ3) is 19.5. The van der Waals surface area contributed by atoms with Gasteiger partial charge in [-0.25, -0.2) is 8.42 Å². The second-order valence-corrected chi connectivity index (χ2v) is 14.7. The van der Waals surface area contributed by atoms with Crippen molar-refractivity contribution in [3.8, 4) is 0 Å². The van der Waals surface area contributed by atoms with Gasteiger partial charge < -0.3 is 24.6 Å². The van der Waals surface area contributed by atoms with E-state index in [2.05, 4.69) is 26.1 Å². The molecule has 1 heterocycles. The van der Waals surface area contributed by atoms with E-state index in [0.717, 1.165) is 102 Å². The van der Waals surface area contributed by atoms with Crippen molar-refractivity contribution in [3.63, 3.8) is 0 Å². The largest absolute Gasteiger partial charge is 0.744 e. The molecule has 2 atom stereocenters. The van der Waals surface area contributed by atoms with Crippen LogP contribution in [-0.4, -0.2) is 96.0 Å². The van der Waals surface area contributed by atoms with Crippen LogP contribution in [0.25, 0.3) is 0 Å². The van der Waals surface area contributed by atoms with Gasteiger partial charge in [0, 0.05) is 32.2 Å². The molecule has 272 valence electrons. The van der Waals surface area contributed by atoms with Gasteiger partial charge in [-0.15, -0.1) is 0 Å². The van der Waals surface area contributed by atoms with Crippen molar-refractivity contribution in [3.05, 3.63) is 29.8 Å². The minimum absolute atomic E-state index is 0.0954. The highest BCUT2D eigenvalue weighted by Crippen LogP contribution is 2.21. The van der Waals surface area contributed by atoms with E-state index in [4.69, 9.17) is 0 Å². The molecule has 1 aromatic rings. The van der Waals surface area contributed by atoms with Crippen LogP contribution in [-0.2, 0) is 19.7 Å². The first-order valence-electron chi connectivity index (χ1n) is 18.1. The molecule has 0 aromatic heterocycles. The molecule has 0 bridgehead atoms. The normalized spacial score (nSPS) is 15.9. The molecular weight excluding hydrogens is 618 g/mol. The van der Waals surface area contributed by atoms with Crippen LogP contribution in [0, 0.1) is 6.92 Å². The number of amides is 2. The quantitative estimate of drug-likeness (QED) is 0.0726. The summed E-state index contributed by atoms with van der Waals surface area (Å²) in [6, 6.07) is 5.78. The van der Waals surface area contributed by atoms with Gasteiger partial charge in [0.1, 0.15) is 10.1 Å². The predicted octanol–water partition coefficient (Wildman–Crippen LogP) is 5.64. The summed E-state index contributed by atoms with van der Waals surface area (Å²) in [5.74, 6) is 0.297. The number of carbonyl (C=O) groups is 2. The number of nitrogens with zero attached hydrogens (tertiary/aromatic N) is 2. The molecule has 10 nitrogen and oxygen atoms in total. The fourth-order valence-electron chi connectivity index (χ4n) is 5.92. The summed E-state index contributed by atoms with van der Waals surface area (Å²) >= 11 is 0. The van der Waals surface area contributed by atoms with E-state index in [0.29, 0.717) is 49.9 Å². The summed E-state index contributed by atoms with van der Waals surface area (Å²) in [6.45, 7) is 12.5. The summed E-state index contributed by atoms with van der Waals surface area (Å²) in [4.78, 5) is 26.7. The number of unbranched alkanes of at least 4 members (excludes halogenated alkanes) is 6. The van der Waals surface area contributed by atoms with Gasteiger partial charge >= 0.3 is 0 Å². The number of aryl methyl sites for hydroxylation is 1. The number of rotatable bonds is 24. The zero-order valence-corrected chi connectivity index (χ0v) is 30.6. The lowest BCUT2D eigenvalue weighted by Crippen LogP contribution is -2.59. The molecule has 0 aliphatic carbocycles. The van der Waals surface area contributed by atoms with Crippen molar-refractivity contribution in [1.82, 2.24) is 10.2 Å². The van der Waals surface area contributed by atoms with E-state index >= 15 is 0 Å². The maximum Gasteiger partial charge on any atom is 0.226 e. The molecule has 1 saturated heterocycles. The van der Waals surface area contributed by atoms with Gasteiger partial charge in [0.15, 0.2) is 6.67 Å². The third-order valence-corrected chi connectivity index (χ3v) is 9.87. The summed E-state index contributed by atoms with van der Waals surface area (Å²) in [5.41, 5.74) is 0.928. The van der Waals surface area contributed by atoms with Crippen molar-refractivity contribution in [2.45, 2.75) is 148 Å². The Labute approximate surface area is 285 Å². The first kappa shape index (κ1) is 43.0. The predicted molar refractivity (Wildman–Crippen MR) is 187 cm³/mol. The molecule has 0 spiro atoms. The van der Waals surface area contributed by atoms with Crippen molar-refractivity contribution >= 4 is 21.9 Å². The van der Waals surface area contributed by atoms with E-state index in [-0.39, 0.29) is 28.9 Å². The van der Waals surface area contributed by atoms with Crippen molar-refractivity contribution in [2.24, 2.45) is 0 Å². The number of nitrogens with one attached hydrogen (secondary N) is 1. The van der Waals surface area contributed by atoms with Gasteiger partial charge in [0.05, 0.1) is 43.3 Å². The number of aliphatic hydroxyl groups excluding tert-OH is 2. The van der Waals surface area contributed by atoms with E-state index in [9.17, 15) is 32.8 Å². The molecule has 11 heteroatoms. The third-order valence-electron chi connectivity index (χ3n) is 9.02. The van der Waals surface area contributed by atoms with Crippen LogP contribution in [0.4, 0.5) is 0 Å². The Morgan fingerprint density at radius 3 is 1.87 bits per heavy atom. The number of likely N-dealkylation sites (tertiary alicyclic amines) is 1. The molecule has 0 saturated carbocycles. The zero-order chi connectivity index (χ0) is 35.1. The standard InChI is InChI=1S/C29H57N3O4.C7H8O3S/c1-4-7-10-14-26(33)18-22-32(25-31-21-13-17-29(31)36,23-19-27(34)15-11-8-5-2)24-20-30-28(35)16-12-9-6-3;1-6-2-4-7(5-3-6)11(8,9)10/h26-27,33-34H,4-25H2,1-3H3;2-5H,1H3,(H,8,9,10). The van der Waals surface area contributed by atoms with Crippen LogP contribution in [0.1, 0.15) is 129 Å². The average Bonchev–Trinajstić information content (AvgIpc) is 3.43. The molecule has 1 aliphatic rings. The lowest BCUT2D eigenvalue weighted by Gasteiger charge is -2.42. The first-order valence-corrected chi connectivity index (χ1v) is 19.5. The summed E-state index contributed by atoms with van der Waals surface area (Å²) in [7, 11) is -4.27. The number of quaternary nitrogens is 1. The highest BCUT2D eigenvalue weighted by molar-refractivity contribution is 7.85. The Hall–Kier alpha value is -2.05. The van der Waals surface area contributed by atoms with E-state index in [1.54, 1.807) is 12.1 Å². The second-order valence-electron chi connectivity index (χ2n) is 13.4.